The Morgan fingerprint density at radius 1 is 0.676 bits per heavy atom. The minimum Gasteiger partial charge on any atom is -0.502 e. The predicted octanol–water partition coefficient (Wildman–Crippen LogP) is 4.44. The van der Waals surface area contributed by atoms with E-state index in [4.69, 9.17) is 18.3 Å². The van der Waals surface area contributed by atoms with E-state index in [1.807, 2.05) is 0 Å². The largest absolute Gasteiger partial charge is 0.502 e. The number of ether oxygens (including phenoxy) is 2. The lowest BCUT2D eigenvalue weighted by molar-refractivity contribution is 0.0274. The second-order valence-electron chi connectivity index (χ2n) is 10.2. The van der Waals surface area contributed by atoms with Crippen molar-refractivity contribution in [3.05, 3.63) is 56.6 Å². The van der Waals surface area contributed by atoms with Gasteiger partial charge in [-0.3, -0.25) is 9.59 Å². The molecule has 8 nitrogen and oxygen atoms in total. The van der Waals surface area contributed by atoms with Crippen LogP contribution in [0.5, 0.6) is 11.5 Å². The van der Waals surface area contributed by atoms with Crippen LogP contribution in [0.25, 0.3) is 0 Å². The Balaban J connectivity index is 1.54. The van der Waals surface area contributed by atoms with Crippen molar-refractivity contribution in [3.8, 4) is 11.5 Å². The first kappa shape index (κ1) is 27.7. The second kappa shape index (κ2) is 12.8. The van der Waals surface area contributed by atoms with Gasteiger partial charge in [0.25, 0.3) is 0 Å². The summed E-state index contributed by atoms with van der Waals surface area (Å²) in [6, 6.07) is 2.68. The Kier molecular flexibility index (Phi) is 10.4. The van der Waals surface area contributed by atoms with Crippen molar-refractivity contribution in [2.75, 3.05) is 26.4 Å². The average Bonchev–Trinajstić information content (AvgIpc) is 2.77. The summed E-state index contributed by atoms with van der Waals surface area (Å²) in [6.07, 6.45) is 6.84. The maximum Gasteiger partial charge on any atom is 0.226 e. The van der Waals surface area contributed by atoms with Gasteiger partial charge in [-0.2, -0.15) is 0 Å². The smallest absolute Gasteiger partial charge is 0.226 e. The molecule has 0 radical (unpaired) electrons. The molecule has 0 saturated heterocycles. The molecule has 0 unspecified atom stereocenters. The molecule has 0 bridgehead atoms. The summed E-state index contributed by atoms with van der Waals surface area (Å²) < 4.78 is 22.0. The molecule has 0 saturated carbocycles. The fourth-order valence-electron chi connectivity index (χ4n) is 3.34. The van der Waals surface area contributed by atoms with Gasteiger partial charge in [0, 0.05) is 38.2 Å². The van der Waals surface area contributed by atoms with Gasteiger partial charge >= 0.3 is 0 Å². The quantitative estimate of drug-likeness (QED) is 0.361. The summed E-state index contributed by atoms with van der Waals surface area (Å²) >= 11 is 0. The van der Waals surface area contributed by atoms with Crippen LogP contribution in [0, 0.1) is 10.8 Å². The molecule has 0 aliphatic heterocycles. The summed E-state index contributed by atoms with van der Waals surface area (Å²) in [5.74, 6) is 0.402. The van der Waals surface area contributed by atoms with Crippen LogP contribution in [0.2, 0.25) is 0 Å². The summed E-state index contributed by atoms with van der Waals surface area (Å²) in [4.78, 5) is 23.0. The highest BCUT2D eigenvalue weighted by Gasteiger charge is 2.20. The number of hydrogen-bond acceptors (Lipinski definition) is 8. The van der Waals surface area contributed by atoms with E-state index in [2.05, 4.69) is 27.7 Å². The topological polar surface area (TPSA) is 119 Å². The van der Waals surface area contributed by atoms with Crippen LogP contribution in [-0.2, 0) is 22.3 Å². The lowest BCUT2D eigenvalue weighted by Gasteiger charge is -2.25. The van der Waals surface area contributed by atoms with Gasteiger partial charge in [0.1, 0.15) is 24.0 Å². The molecule has 0 aromatic carbocycles. The van der Waals surface area contributed by atoms with Gasteiger partial charge in [0.2, 0.25) is 10.9 Å². The molecule has 0 amide bonds. The highest BCUT2D eigenvalue weighted by atomic mass is 16.5. The predicted molar refractivity (Wildman–Crippen MR) is 128 cm³/mol. The minimum atomic E-state index is -0.420. The van der Waals surface area contributed by atoms with Gasteiger partial charge in [0.05, 0.1) is 13.2 Å². The molecule has 0 aliphatic carbocycles. The number of aryl methyl sites for hydroxylation is 2. The molecule has 0 atom stereocenters. The molecular formula is C26H38O8. The normalized spacial score (nSPS) is 12.2. The van der Waals surface area contributed by atoms with Gasteiger partial charge < -0.3 is 28.5 Å². The standard InChI is InChI=1S/C26H38O8/c1-25(2,7-5-19-15-21(27)23(29)17-33-19)9-11-31-13-14-32-12-10-26(3,4)8-6-20-16-22(28)24(30)18-34-20/h15-18,29-30H,5-14H2,1-4H3. The molecule has 2 aromatic rings. The van der Waals surface area contributed by atoms with E-state index in [-0.39, 0.29) is 22.3 Å². The maximum absolute atomic E-state index is 11.5. The van der Waals surface area contributed by atoms with Crippen molar-refractivity contribution in [3.63, 3.8) is 0 Å². The molecule has 8 heteroatoms. The molecule has 2 aromatic heterocycles. The molecule has 2 rings (SSSR count). The Labute approximate surface area is 200 Å². The summed E-state index contributed by atoms with van der Waals surface area (Å²) in [6.45, 7) is 10.9. The van der Waals surface area contributed by atoms with Crippen molar-refractivity contribution >= 4 is 0 Å². The third-order valence-electron chi connectivity index (χ3n) is 6.05. The van der Waals surface area contributed by atoms with Gasteiger partial charge in [-0.05, 0) is 36.5 Å². The van der Waals surface area contributed by atoms with Gasteiger partial charge in [-0.1, -0.05) is 27.7 Å². The highest BCUT2D eigenvalue weighted by Crippen LogP contribution is 2.28. The fraction of sp³-hybridized carbons (Fsp3) is 0.615. The lowest BCUT2D eigenvalue weighted by Crippen LogP contribution is -2.18. The van der Waals surface area contributed by atoms with Gasteiger partial charge in [0.15, 0.2) is 11.5 Å². The molecule has 2 heterocycles. The first-order valence-electron chi connectivity index (χ1n) is 11.7. The monoisotopic (exact) mass is 478 g/mol. The summed E-state index contributed by atoms with van der Waals surface area (Å²) in [5.41, 5.74) is -0.788. The number of aromatic hydroxyl groups is 2. The zero-order valence-electron chi connectivity index (χ0n) is 20.7. The van der Waals surface area contributed by atoms with E-state index >= 15 is 0 Å². The van der Waals surface area contributed by atoms with Gasteiger partial charge in [-0.15, -0.1) is 0 Å². The van der Waals surface area contributed by atoms with Crippen LogP contribution < -0.4 is 10.9 Å². The van der Waals surface area contributed by atoms with Crippen LogP contribution in [0.3, 0.4) is 0 Å². The third kappa shape index (κ3) is 10.1. The zero-order valence-corrected chi connectivity index (χ0v) is 20.7. The molecule has 0 fully saturated rings. The van der Waals surface area contributed by atoms with Crippen molar-refractivity contribution in [2.24, 2.45) is 10.8 Å². The van der Waals surface area contributed by atoms with Crippen molar-refractivity contribution in [1.82, 2.24) is 0 Å². The summed E-state index contributed by atoms with van der Waals surface area (Å²) in [5, 5.41) is 18.5. The Hall–Kier alpha value is -2.58. The van der Waals surface area contributed by atoms with Crippen LogP contribution in [0.1, 0.15) is 64.9 Å². The Morgan fingerprint density at radius 3 is 1.41 bits per heavy atom. The fourth-order valence-corrected chi connectivity index (χ4v) is 3.34. The molecule has 190 valence electrons. The zero-order chi connectivity index (χ0) is 25.2. The Bertz CT molecular complexity index is 921. The van der Waals surface area contributed by atoms with Crippen LogP contribution in [0.15, 0.2) is 43.1 Å². The number of hydrogen-bond donors (Lipinski definition) is 2. The molecule has 0 spiro atoms. The SMILES string of the molecule is CC(C)(CCOCCOCCC(C)(C)CCc1cc(=O)c(O)co1)CCc1cc(=O)c(O)co1. The van der Waals surface area contributed by atoms with Crippen LogP contribution in [0.4, 0.5) is 0 Å². The van der Waals surface area contributed by atoms with Crippen LogP contribution in [-0.4, -0.2) is 36.6 Å². The molecule has 2 N–H and O–H groups in total. The van der Waals surface area contributed by atoms with E-state index in [0.29, 0.717) is 50.8 Å². The van der Waals surface area contributed by atoms with E-state index in [9.17, 15) is 19.8 Å². The first-order chi connectivity index (χ1) is 16.0. The third-order valence-corrected chi connectivity index (χ3v) is 6.05. The average molecular weight is 479 g/mol. The van der Waals surface area contributed by atoms with E-state index in [1.165, 1.54) is 12.1 Å². The summed E-state index contributed by atoms with van der Waals surface area (Å²) in [7, 11) is 0. The van der Waals surface area contributed by atoms with E-state index in [1.54, 1.807) is 0 Å². The van der Waals surface area contributed by atoms with Crippen molar-refractivity contribution in [1.29, 1.82) is 0 Å². The van der Waals surface area contributed by atoms with E-state index in [0.717, 1.165) is 38.2 Å². The highest BCUT2D eigenvalue weighted by molar-refractivity contribution is 5.16. The van der Waals surface area contributed by atoms with Gasteiger partial charge in [-0.25, -0.2) is 0 Å². The molecular weight excluding hydrogens is 440 g/mol. The first-order valence-corrected chi connectivity index (χ1v) is 11.7. The van der Waals surface area contributed by atoms with Crippen molar-refractivity contribution < 1.29 is 28.5 Å². The van der Waals surface area contributed by atoms with Crippen LogP contribution >= 0.6 is 0 Å². The minimum absolute atomic E-state index is 0.0258. The van der Waals surface area contributed by atoms with Crippen molar-refractivity contribution in [2.45, 2.75) is 66.2 Å². The maximum atomic E-state index is 11.5. The molecule has 34 heavy (non-hydrogen) atoms. The molecule has 0 aliphatic rings. The Morgan fingerprint density at radius 2 is 1.06 bits per heavy atom. The second-order valence-corrected chi connectivity index (χ2v) is 10.2. The lowest BCUT2D eigenvalue weighted by atomic mass is 9.84. The number of rotatable bonds is 15. The van der Waals surface area contributed by atoms with E-state index < -0.39 is 10.9 Å².